The maximum atomic E-state index is 11.8. The highest BCUT2D eigenvalue weighted by Gasteiger charge is 2.10. The molecule has 0 radical (unpaired) electrons. The lowest BCUT2D eigenvalue weighted by atomic mass is 10.2. The van der Waals surface area contributed by atoms with Crippen molar-refractivity contribution in [2.75, 3.05) is 0 Å². The number of rotatable bonds is 4. The predicted molar refractivity (Wildman–Crippen MR) is 75.4 cm³/mol. The summed E-state index contributed by atoms with van der Waals surface area (Å²) in [7, 11) is 0. The summed E-state index contributed by atoms with van der Waals surface area (Å²) in [5.41, 5.74) is 1.25. The van der Waals surface area contributed by atoms with E-state index in [2.05, 4.69) is 4.98 Å². The van der Waals surface area contributed by atoms with Crippen LogP contribution in [0.4, 0.5) is 0 Å². The molecule has 5 heteroatoms. The Labute approximate surface area is 119 Å². The predicted octanol–water partition coefficient (Wildman–Crippen LogP) is 3.76. The second kappa shape index (κ2) is 5.71. The molecule has 100 valence electrons. The fraction of sp³-hybridized carbons (Fsp3) is 0.0667. The van der Waals surface area contributed by atoms with Gasteiger partial charge < -0.3 is 9.15 Å². The minimum Gasteiger partial charge on any atom is -0.462 e. The summed E-state index contributed by atoms with van der Waals surface area (Å²) >= 11 is 1.46. The van der Waals surface area contributed by atoms with Gasteiger partial charge in [-0.05, 0) is 24.3 Å². The lowest BCUT2D eigenvalue weighted by molar-refractivity contribution is 0.0468. The van der Waals surface area contributed by atoms with Gasteiger partial charge in [-0.3, -0.25) is 0 Å². The zero-order chi connectivity index (χ0) is 13.8. The van der Waals surface area contributed by atoms with E-state index in [9.17, 15) is 4.79 Å². The third-order valence-corrected chi connectivity index (χ3v) is 3.55. The number of thiazole rings is 1. The highest BCUT2D eigenvalue weighted by Crippen LogP contribution is 2.24. The average molecular weight is 285 g/mol. The van der Waals surface area contributed by atoms with Gasteiger partial charge in [-0.1, -0.05) is 18.2 Å². The summed E-state index contributed by atoms with van der Waals surface area (Å²) in [6, 6.07) is 12.6. The van der Waals surface area contributed by atoms with E-state index < -0.39 is 0 Å². The van der Waals surface area contributed by atoms with Crippen LogP contribution in [0.1, 0.15) is 16.1 Å². The maximum absolute atomic E-state index is 11.8. The van der Waals surface area contributed by atoms with Gasteiger partial charge >= 0.3 is 5.97 Å². The maximum Gasteiger partial charge on any atom is 0.338 e. The Balaban J connectivity index is 1.63. The molecule has 0 aliphatic carbocycles. The van der Waals surface area contributed by atoms with Crippen molar-refractivity contribution in [3.63, 3.8) is 0 Å². The average Bonchev–Trinajstić information content (AvgIpc) is 3.16. The topological polar surface area (TPSA) is 52.3 Å². The van der Waals surface area contributed by atoms with Crippen molar-refractivity contribution >= 4 is 17.3 Å². The SMILES string of the molecule is O=C(OCc1csc(-c2ccco2)n1)c1ccccc1. The number of aromatic nitrogens is 1. The van der Waals surface area contributed by atoms with Crippen LogP contribution in [-0.2, 0) is 11.3 Å². The van der Waals surface area contributed by atoms with Gasteiger partial charge in [-0.25, -0.2) is 9.78 Å². The molecule has 0 unspecified atom stereocenters. The van der Waals surface area contributed by atoms with E-state index in [-0.39, 0.29) is 12.6 Å². The second-order valence-corrected chi connectivity index (χ2v) is 4.92. The molecule has 0 saturated carbocycles. The number of hydrogen-bond donors (Lipinski definition) is 0. The molecule has 3 aromatic rings. The standard InChI is InChI=1S/C15H11NO3S/c17-15(11-5-2-1-3-6-11)19-9-12-10-20-14(16-12)13-7-4-8-18-13/h1-8,10H,9H2. The van der Waals surface area contributed by atoms with Crippen LogP contribution in [0, 0.1) is 0 Å². The van der Waals surface area contributed by atoms with E-state index >= 15 is 0 Å². The molecule has 0 aliphatic rings. The Morgan fingerprint density at radius 3 is 2.80 bits per heavy atom. The van der Waals surface area contributed by atoms with Gasteiger partial charge in [0.15, 0.2) is 10.8 Å². The molecular formula is C15H11NO3S. The van der Waals surface area contributed by atoms with Crippen molar-refractivity contribution < 1.29 is 13.9 Å². The van der Waals surface area contributed by atoms with Gasteiger partial charge in [-0.2, -0.15) is 0 Å². The van der Waals surface area contributed by atoms with Crippen LogP contribution in [0.2, 0.25) is 0 Å². The molecule has 1 aromatic carbocycles. The van der Waals surface area contributed by atoms with Gasteiger partial charge in [0.2, 0.25) is 0 Å². The Morgan fingerprint density at radius 2 is 2.05 bits per heavy atom. The molecule has 4 nitrogen and oxygen atoms in total. The number of furan rings is 1. The lowest BCUT2D eigenvalue weighted by Crippen LogP contribution is -2.05. The Kier molecular flexibility index (Phi) is 3.60. The summed E-state index contributed by atoms with van der Waals surface area (Å²) in [6.45, 7) is 0.158. The third kappa shape index (κ3) is 2.78. The van der Waals surface area contributed by atoms with Crippen molar-refractivity contribution in [2.45, 2.75) is 6.61 Å². The number of carbonyl (C=O) groups excluding carboxylic acids is 1. The van der Waals surface area contributed by atoms with E-state index in [4.69, 9.17) is 9.15 Å². The van der Waals surface area contributed by atoms with Gasteiger partial charge in [0.05, 0.1) is 17.5 Å². The van der Waals surface area contributed by atoms with Crippen LogP contribution < -0.4 is 0 Å². The van der Waals surface area contributed by atoms with Gasteiger partial charge in [0, 0.05) is 5.38 Å². The Morgan fingerprint density at radius 1 is 1.20 bits per heavy atom. The zero-order valence-corrected chi connectivity index (χ0v) is 11.3. The molecule has 2 heterocycles. The summed E-state index contributed by atoms with van der Waals surface area (Å²) in [5, 5.41) is 2.64. The van der Waals surface area contributed by atoms with E-state index in [1.54, 1.807) is 30.5 Å². The number of ether oxygens (including phenoxy) is 1. The molecule has 0 bridgehead atoms. The summed E-state index contributed by atoms with van der Waals surface area (Å²) in [4.78, 5) is 16.2. The Bertz CT molecular complexity index is 689. The number of benzene rings is 1. The van der Waals surface area contributed by atoms with Gasteiger partial charge in [0.25, 0.3) is 0 Å². The van der Waals surface area contributed by atoms with Gasteiger partial charge in [-0.15, -0.1) is 11.3 Å². The zero-order valence-electron chi connectivity index (χ0n) is 10.5. The molecule has 0 amide bonds. The first-order valence-corrected chi connectivity index (χ1v) is 6.91. The number of hydrogen-bond acceptors (Lipinski definition) is 5. The van der Waals surface area contributed by atoms with Gasteiger partial charge in [0.1, 0.15) is 6.61 Å². The summed E-state index contributed by atoms with van der Waals surface area (Å²) in [5.74, 6) is 0.369. The molecule has 0 aliphatic heterocycles. The highest BCUT2D eigenvalue weighted by atomic mass is 32.1. The fourth-order valence-corrected chi connectivity index (χ4v) is 2.45. The van der Waals surface area contributed by atoms with Crippen LogP contribution in [0.3, 0.4) is 0 Å². The van der Waals surface area contributed by atoms with Crippen molar-refractivity contribution in [3.05, 3.63) is 65.4 Å². The first kappa shape index (κ1) is 12.6. The smallest absolute Gasteiger partial charge is 0.338 e. The van der Waals surface area contributed by atoms with E-state index in [1.165, 1.54) is 11.3 Å². The molecule has 0 fully saturated rings. The number of carbonyl (C=O) groups is 1. The molecule has 0 N–H and O–H groups in total. The molecule has 0 atom stereocenters. The van der Waals surface area contributed by atoms with Crippen LogP contribution >= 0.6 is 11.3 Å². The molecular weight excluding hydrogens is 274 g/mol. The monoisotopic (exact) mass is 285 g/mol. The Hall–Kier alpha value is -2.40. The van der Waals surface area contributed by atoms with Crippen molar-refractivity contribution in [2.24, 2.45) is 0 Å². The first-order chi connectivity index (χ1) is 9.83. The molecule has 0 saturated heterocycles. The van der Waals surface area contributed by atoms with E-state index in [0.717, 1.165) is 10.8 Å². The van der Waals surface area contributed by atoms with Crippen LogP contribution in [0.5, 0.6) is 0 Å². The minimum atomic E-state index is -0.349. The lowest BCUT2D eigenvalue weighted by Gasteiger charge is -2.02. The van der Waals surface area contributed by atoms with Crippen molar-refractivity contribution in [1.82, 2.24) is 4.98 Å². The van der Waals surface area contributed by atoms with E-state index in [0.29, 0.717) is 11.3 Å². The largest absolute Gasteiger partial charge is 0.462 e. The van der Waals surface area contributed by atoms with Crippen LogP contribution in [0.25, 0.3) is 10.8 Å². The second-order valence-electron chi connectivity index (χ2n) is 4.06. The van der Waals surface area contributed by atoms with Crippen LogP contribution in [-0.4, -0.2) is 11.0 Å². The minimum absolute atomic E-state index is 0.158. The van der Waals surface area contributed by atoms with Crippen molar-refractivity contribution in [1.29, 1.82) is 0 Å². The molecule has 3 rings (SSSR count). The normalized spacial score (nSPS) is 10.4. The van der Waals surface area contributed by atoms with Crippen LogP contribution in [0.15, 0.2) is 58.5 Å². The summed E-state index contributed by atoms with van der Waals surface area (Å²) in [6.07, 6.45) is 1.60. The molecule has 0 spiro atoms. The highest BCUT2D eigenvalue weighted by molar-refractivity contribution is 7.13. The third-order valence-electron chi connectivity index (χ3n) is 2.64. The number of nitrogens with zero attached hydrogens (tertiary/aromatic N) is 1. The first-order valence-electron chi connectivity index (χ1n) is 6.03. The fourth-order valence-electron chi connectivity index (χ4n) is 1.68. The molecule has 20 heavy (non-hydrogen) atoms. The molecule has 2 aromatic heterocycles. The van der Waals surface area contributed by atoms with E-state index in [1.807, 2.05) is 23.6 Å². The summed E-state index contributed by atoms with van der Waals surface area (Å²) < 4.78 is 10.5. The number of esters is 1. The van der Waals surface area contributed by atoms with Crippen molar-refractivity contribution in [3.8, 4) is 10.8 Å². The quantitative estimate of drug-likeness (QED) is 0.685.